The Balaban J connectivity index is 1.72. The zero-order chi connectivity index (χ0) is 24.0. The van der Waals surface area contributed by atoms with Gasteiger partial charge in [0.15, 0.2) is 5.70 Å². The summed E-state index contributed by atoms with van der Waals surface area (Å²) >= 11 is 0. The van der Waals surface area contributed by atoms with Crippen LogP contribution in [0.5, 0.6) is 0 Å². The van der Waals surface area contributed by atoms with Crippen molar-refractivity contribution in [2.24, 2.45) is 0 Å². The van der Waals surface area contributed by atoms with Crippen molar-refractivity contribution in [1.82, 2.24) is 0 Å². The summed E-state index contributed by atoms with van der Waals surface area (Å²) in [7, 11) is 0. The fourth-order valence-electron chi connectivity index (χ4n) is 4.72. The van der Waals surface area contributed by atoms with Crippen molar-refractivity contribution in [3.63, 3.8) is 0 Å². The van der Waals surface area contributed by atoms with E-state index in [4.69, 9.17) is 4.74 Å². The number of rotatable bonds is 9. The molecule has 4 nitrogen and oxygen atoms in total. The van der Waals surface area contributed by atoms with E-state index in [1.54, 1.807) is 0 Å². The molecule has 4 rings (SSSR count). The zero-order valence-electron chi connectivity index (χ0n) is 20.0. The monoisotopic (exact) mass is 455 g/mol. The highest BCUT2D eigenvalue weighted by Gasteiger charge is 2.44. The third kappa shape index (κ3) is 5.01. The van der Waals surface area contributed by atoms with E-state index >= 15 is 0 Å². The smallest absolute Gasteiger partial charge is 0.359 e. The average molecular weight is 456 g/mol. The predicted molar refractivity (Wildman–Crippen MR) is 137 cm³/mol. The number of carbonyl (C=O) groups excluding carboxylic acids is 1. The molecule has 0 aliphatic carbocycles. The summed E-state index contributed by atoms with van der Waals surface area (Å²) in [5.74, 6) is -0.389. The Hall–Kier alpha value is -3.53. The number of aryl methyl sites for hydroxylation is 2. The fourth-order valence-corrected chi connectivity index (χ4v) is 4.72. The SMILES string of the molecule is CCCN(C1=C(O)CC(CCc2ccccc2)(c2ccccc2)OC1=O)c1cccc(CC)c1. The first-order valence-corrected chi connectivity index (χ1v) is 12.2. The molecule has 1 atom stereocenters. The lowest BCUT2D eigenvalue weighted by Crippen LogP contribution is -2.43. The zero-order valence-corrected chi connectivity index (χ0v) is 20.0. The van der Waals surface area contributed by atoms with Crippen LogP contribution in [0.1, 0.15) is 49.8 Å². The van der Waals surface area contributed by atoms with Gasteiger partial charge in [0.1, 0.15) is 11.4 Å². The van der Waals surface area contributed by atoms with Crippen molar-refractivity contribution < 1.29 is 14.6 Å². The van der Waals surface area contributed by atoms with Crippen molar-refractivity contribution in [2.45, 2.75) is 51.6 Å². The molecule has 176 valence electrons. The highest BCUT2D eigenvalue weighted by atomic mass is 16.6. The van der Waals surface area contributed by atoms with Gasteiger partial charge < -0.3 is 14.7 Å². The van der Waals surface area contributed by atoms with E-state index in [0.29, 0.717) is 13.0 Å². The van der Waals surface area contributed by atoms with E-state index in [9.17, 15) is 9.90 Å². The quantitative estimate of drug-likeness (QED) is 0.364. The van der Waals surface area contributed by atoms with E-state index in [-0.39, 0.29) is 17.9 Å². The first-order valence-electron chi connectivity index (χ1n) is 12.2. The van der Waals surface area contributed by atoms with Crippen molar-refractivity contribution in [3.8, 4) is 0 Å². The Kier molecular flexibility index (Phi) is 7.36. The number of ether oxygens (including phenoxy) is 1. The lowest BCUT2D eigenvalue weighted by molar-refractivity contribution is -0.161. The molecule has 0 aromatic heterocycles. The number of aliphatic hydroxyl groups is 1. The number of cyclic esters (lactones) is 1. The molecule has 0 saturated heterocycles. The minimum atomic E-state index is -0.912. The Morgan fingerprint density at radius 3 is 2.24 bits per heavy atom. The van der Waals surface area contributed by atoms with Crippen LogP contribution >= 0.6 is 0 Å². The van der Waals surface area contributed by atoms with E-state index in [1.807, 2.05) is 65.6 Å². The van der Waals surface area contributed by atoms with Gasteiger partial charge in [0, 0.05) is 12.2 Å². The topological polar surface area (TPSA) is 49.8 Å². The normalized spacial score (nSPS) is 18.0. The molecule has 0 bridgehead atoms. The summed E-state index contributed by atoms with van der Waals surface area (Å²) in [5.41, 5.74) is 3.50. The molecule has 1 heterocycles. The number of benzene rings is 3. The number of hydrogen-bond acceptors (Lipinski definition) is 4. The van der Waals surface area contributed by atoms with Gasteiger partial charge in [0.2, 0.25) is 0 Å². The Labute approximate surface area is 202 Å². The van der Waals surface area contributed by atoms with Gasteiger partial charge in [-0.15, -0.1) is 0 Å². The molecule has 34 heavy (non-hydrogen) atoms. The van der Waals surface area contributed by atoms with Crippen LogP contribution in [0.2, 0.25) is 0 Å². The van der Waals surface area contributed by atoms with Crippen molar-refractivity contribution >= 4 is 11.7 Å². The maximum absolute atomic E-state index is 13.6. The van der Waals surface area contributed by atoms with Gasteiger partial charge in [-0.3, -0.25) is 0 Å². The largest absolute Gasteiger partial charge is 0.510 e. The van der Waals surface area contributed by atoms with Gasteiger partial charge in [-0.25, -0.2) is 4.79 Å². The van der Waals surface area contributed by atoms with Gasteiger partial charge >= 0.3 is 5.97 Å². The van der Waals surface area contributed by atoms with Gasteiger partial charge in [-0.05, 0) is 54.5 Å². The highest BCUT2D eigenvalue weighted by Crippen LogP contribution is 2.42. The second kappa shape index (κ2) is 10.6. The highest BCUT2D eigenvalue weighted by molar-refractivity contribution is 5.94. The Bertz CT molecular complexity index is 1140. The number of nitrogens with zero attached hydrogens (tertiary/aromatic N) is 1. The second-order valence-electron chi connectivity index (χ2n) is 8.88. The van der Waals surface area contributed by atoms with Crippen molar-refractivity contribution in [1.29, 1.82) is 0 Å². The molecule has 1 unspecified atom stereocenters. The molecule has 0 saturated carbocycles. The molecule has 0 radical (unpaired) electrons. The number of esters is 1. The summed E-state index contributed by atoms with van der Waals surface area (Å²) < 4.78 is 6.27. The van der Waals surface area contributed by atoms with Gasteiger partial charge in [0.25, 0.3) is 0 Å². The van der Waals surface area contributed by atoms with Crippen LogP contribution in [-0.2, 0) is 28.0 Å². The molecule has 0 fully saturated rings. The van der Waals surface area contributed by atoms with E-state index in [0.717, 1.165) is 30.5 Å². The first kappa shape index (κ1) is 23.6. The van der Waals surface area contributed by atoms with Crippen molar-refractivity contribution in [3.05, 3.63) is 113 Å². The Morgan fingerprint density at radius 2 is 1.59 bits per heavy atom. The summed E-state index contributed by atoms with van der Waals surface area (Å²) in [6, 6.07) is 28.1. The third-order valence-corrected chi connectivity index (χ3v) is 6.52. The van der Waals surface area contributed by atoms with Crippen LogP contribution in [0.25, 0.3) is 0 Å². The van der Waals surface area contributed by atoms with Gasteiger partial charge in [0.05, 0.1) is 6.42 Å². The van der Waals surface area contributed by atoms with Gasteiger partial charge in [-0.1, -0.05) is 86.6 Å². The average Bonchev–Trinajstić information content (AvgIpc) is 2.88. The van der Waals surface area contributed by atoms with Crippen LogP contribution in [0, 0.1) is 0 Å². The molecule has 3 aromatic rings. The summed E-state index contributed by atoms with van der Waals surface area (Å²) in [6.45, 7) is 4.79. The maximum Gasteiger partial charge on any atom is 0.359 e. The second-order valence-corrected chi connectivity index (χ2v) is 8.88. The molecule has 0 spiro atoms. The minimum Gasteiger partial charge on any atom is -0.510 e. The van der Waals surface area contributed by atoms with E-state index < -0.39 is 11.6 Å². The molecular weight excluding hydrogens is 422 g/mol. The molecule has 0 amide bonds. The number of anilines is 1. The molecular formula is C30H33NO3. The van der Waals surface area contributed by atoms with E-state index in [2.05, 4.69) is 38.1 Å². The standard InChI is InChI=1S/C30H33NO3/c1-3-20-31(26-17-11-14-23(4-2)21-26)28-27(32)22-30(34-29(28)33,25-15-9-6-10-16-25)19-18-24-12-7-5-8-13-24/h5-17,21,32H,3-4,18-20,22H2,1-2H3. The van der Waals surface area contributed by atoms with E-state index in [1.165, 1.54) is 11.1 Å². The van der Waals surface area contributed by atoms with Crippen LogP contribution in [0.4, 0.5) is 5.69 Å². The van der Waals surface area contributed by atoms with Crippen LogP contribution in [-0.4, -0.2) is 17.6 Å². The number of carbonyl (C=O) groups is 1. The lowest BCUT2D eigenvalue weighted by atomic mass is 9.82. The first-order chi connectivity index (χ1) is 16.6. The molecule has 4 heteroatoms. The molecule has 1 aliphatic rings. The molecule has 1 aliphatic heterocycles. The van der Waals surface area contributed by atoms with Crippen LogP contribution in [0.15, 0.2) is 96.4 Å². The van der Waals surface area contributed by atoms with Crippen LogP contribution in [0.3, 0.4) is 0 Å². The number of aliphatic hydroxyl groups excluding tert-OH is 1. The minimum absolute atomic E-state index is 0.0866. The third-order valence-electron chi connectivity index (χ3n) is 6.52. The fraction of sp³-hybridized carbons (Fsp3) is 0.300. The van der Waals surface area contributed by atoms with Crippen molar-refractivity contribution in [2.75, 3.05) is 11.4 Å². The molecule has 3 aromatic carbocycles. The summed E-state index contributed by atoms with van der Waals surface area (Å²) in [4.78, 5) is 15.5. The van der Waals surface area contributed by atoms with Crippen LogP contribution < -0.4 is 4.90 Å². The lowest BCUT2D eigenvalue weighted by Gasteiger charge is -2.40. The molecule has 1 N–H and O–H groups in total. The maximum atomic E-state index is 13.6. The Morgan fingerprint density at radius 1 is 0.912 bits per heavy atom. The summed E-state index contributed by atoms with van der Waals surface area (Å²) in [6.07, 6.45) is 3.31. The summed E-state index contributed by atoms with van der Waals surface area (Å²) in [5, 5.41) is 11.4. The van der Waals surface area contributed by atoms with Gasteiger partial charge in [-0.2, -0.15) is 0 Å². The number of hydrogen-bond donors (Lipinski definition) is 1. The predicted octanol–water partition coefficient (Wildman–Crippen LogP) is 6.71.